The highest BCUT2D eigenvalue weighted by molar-refractivity contribution is 5.89. The summed E-state index contributed by atoms with van der Waals surface area (Å²) >= 11 is 0. The predicted octanol–water partition coefficient (Wildman–Crippen LogP) is -1.30. The highest BCUT2D eigenvalue weighted by Gasteiger charge is 2.38. The molecule has 2 aliphatic rings. The Morgan fingerprint density at radius 1 is 1.55 bits per heavy atom. The van der Waals surface area contributed by atoms with E-state index in [4.69, 9.17) is 9.47 Å². The SMILES string of the molecule is COCCN1CC(C(=O)N2CCOCC2CO)CC1=O. The van der Waals surface area contributed by atoms with Gasteiger partial charge in [-0.1, -0.05) is 0 Å². The van der Waals surface area contributed by atoms with Gasteiger partial charge < -0.3 is 24.4 Å². The van der Waals surface area contributed by atoms with Crippen LogP contribution in [-0.4, -0.2) is 85.9 Å². The van der Waals surface area contributed by atoms with E-state index in [1.165, 1.54) is 0 Å². The van der Waals surface area contributed by atoms with Gasteiger partial charge in [0.2, 0.25) is 11.8 Å². The fourth-order valence-corrected chi connectivity index (χ4v) is 2.69. The molecule has 0 spiro atoms. The molecule has 0 aromatic heterocycles. The van der Waals surface area contributed by atoms with Crippen molar-refractivity contribution in [2.75, 3.05) is 53.2 Å². The van der Waals surface area contributed by atoms with Crippen LogP contribution in [0.4, 0.5) is 0 Å². The summed E-state index contributed by atoms with van der Waals surface area (Å²) in [5.74, 6) is -0.374. The third-order valence-electron chi connectivity index (χ3n) is 3.85. The van der Waals surface area contributed by atoms with Gasteiger partial charge in [-0.3, -0.25) is 9.59 Å². The maximum atomic E-state index is 12.5. The first-order valence-electron chi connectivity index (χ1n) is 6.93. The van der Waals surface area contributed by atoms with Gasteiger partial charge >= 0.3 is 0 Å². The van der Waals surface area contributed by atoms with Crippen LogP contribution in [0.25, 0.3) is 0 Å². The summed E-state index contributed by atoms with van der Waals surface area (Å²) in [6.45, 7) is 2.64. The second kappa shape index (κ2) is 7.01. The van der Waals surface area contributed by atoms with Gasteiger partial charge in [-0.05, 0) is 0 Å². The molecular formula is C13H22N2O5. The number of aliphatic hydroxyl groups excluding tert-OH is 1. The van der Waals surface area contributed by atoms with Crippen LogP contribution in [0.1, 0.15) is 6.42 Å². The molecule has 2 saturated heterocycles. The molecule has 0 bridgehead atoms. The molecule has 2 aliphatic heterocycles. The Hall–Kier alpha value is -1.18. The second-order valence-electron chi connectivity index (χ2n) is 5.18. The molecule has 2 heterocycles. The Balaban J connectivity index is 1.94. The van der Waals surface area contributed by atoms with E-state index in [2.05, 4.69) is 0 Å². The number of hydrogen-bond acceptors (Lipinski definition) is 5. The molecule has 2 unspecified atom stereocenters. The lowest BCUT2D eigenvalue weighted by Gasteiger charge is -2.36. The van der Waals surface area contributed by atoms with Gasteiger partial charge in [-0.2, -0.15) is 0 Å². The van der Waals surface area contributed by atoms with E-state index in [0.29, 0.717) is 39.5 Å². The Morgan fingerprint density at radius 2 is 2.35 bits per heavy atom. The van der Waals surface area contributed by atoms with E-state index >= 15 is 0 Å². The van der Waals surface area contributed by atoms with Crippen molar-refractivity contribution in [2.45, 2.75) is 12.5 Å². The van der Waals surface area contributed by atoms with Gasteiger partial charge in [0.15, 0.2) is 0 Å². The van der Waals surface area contributed by atoms with Crippen LogP contribution in [0.2, 0.25) is 0 Å². The molecule has 0 radical (unpaired) electrons. The van der Waals surface area contributed by atoms with Crippen molar-refractivity contribution in [3.63, 3.8) is 0 Å². The Morgan fingerprint density at radius 3 is 3.05 bits per heavy atom. The largest absolute Gasteiger partial charge is 0.394 e. The van der Waals surface area contributed by atoms with Crippen LogP contribution in [0, 0.1) is 5.92 Å². The lowest BCUT2D eigenvalue weighted by molar-refractivity contribution is -0.145. The molecule has 0 aromatic carbocycles. The highest BCUT2D eigenvalue weighted by atomic mass is 16.5. The summed E-state index contributed by atoms with van der Waals surface area (Å²) in [4.78, 5) is 27.7. The number of morpholine rings is 1. The van der Waals surface area contributed by atoms with Crippen molar-refractivity contribution in [2.24, 2.45) is 5.92 Å². The molecule has 20 heavy (non-hydrogen) atoms. The standard InChI is InChI=1S/C13H22N2O5/c1-19-4-2-14-7-10(6-12(14)17)13(18)15-3-5-20-9-11(15)8-16/h10-11,16H,2-9H2,1H3. The minimum Gasteiger partial charge on any atom is -0.394 e. The van der Waals surface area contributed by atoms with Gasteiger partial charge in [0.25, 0.3) is 0 Å². The molecule has 0 aromatic rings. The maximum absolute atomic E-state index is 12.5. The van der Waals surface area contributed by atoms with Crippen LogP contribution in [-0.2, 0) is 19.1 Å². The van der Waals surface area contributed by atoms with E-state index in [0.717, 1.165) is 0 Å². The number of ether oxygens (including phenoxy) is 2. The zero-order chi connectivity index (χ0) is 14.5. The lowest BCUT2D eigenvalue weighted by atomic mass is 10.1. The second-order valence-corrected chi connectivity index (χ2v) is 5.18. The molecule has 7 heteroatoms. The van der Waals surface area contributed by atoms with Crippen molar-refractivity contribution < 1.29 is 24.2 Å². The lowest BCUT2D eigenvalue weighted by Crippen LogP contribution is -2.52. The zero-order valence-corrected chi connectivity index (χ0v) is 11.8. The van der Waals surface area contributed by atoms with Crippen molar-refractivity contribution in [1.29, 1.82) is 0 Å². The van der Waals surface area contributed by atoms with Crippen LogP contribution in [0.15, 0.2) is 0 Å². The molecule has 1 N–H and O–H groups in total. The van der Waals surface area contributed by atoms with E-state index in [1.54, 1.807) is 16.9 Å². The Bertz CT molecular complexity index is 363. The van der Waals surface area contributed by atoms with Gasteiger partial charge in [-0.25, -0.2) is 0 Å². The summed E-state index contributed by atoms with van der Waals surface area (Å²) in [6, 6.07) is -0.292. The zero-order valence-electron chi connectivity index (χ0n) is 11.8. The molecule has 2 fully saturated rings. The number of likely N-dealkylation sites (tertiary alicyclic amines) is 1. The van der Waals surface area contributed by atoms with E-state index in [-0.39, 0.29) is 36.8 Å². The van der Waals surface area contributed by atoms with Gasteiger partial charge in [0.05, 0.1) is 38.4 Å². The van der Waals surface area contributed by atoms with Gasteiger partial charge in [-0.15, -0.1) is 0 Å². The summed E-state index contributed by atoms with van der Waals surface area (Å²) < 4.78 is 10.2. The average Bonchev–Trinajstić information content (AvgIpc) is 2.85. The molecule has 7 nitrogen and oxygen atoms in total. The first-order chi connectivity index (χ1) is 9.67. The number of rotatable bonds is 5. The third-order valence-corrected chi connectivity index (χ3v) is 3.85. The predicted molar refractivity (Wildman–Crippen MR) is 70.0 cm³/mol. The molecule has 0 saturated carbocycles. The average molecular weight is 286 g/mol. The number of methoxy groups -OCH3 is 1. The van der Waals surface area contributed by atoms with E-state index in [9.17, 15) is 14.7 Å². The number of hydrogen-bond donors (Lipinski definition) is 1. The van der Waals surface area contributed by atoms with Crippen molar-refractivity contribution in [3.8, 4) is 0 Å². The maximum Gasteiger partial charge on any atom is 0.228 e. The minimum atomic E-state index is -0.313. The summed E-state index contributed by atoms with van der Waals surface area (Å²) in [6.07, 6.45) is 0.248. The van der Waals surface area contributed by atoms with Crippen LogP contribution >= 0.6 is 0 Å². The summed E-state index contributed by atoms with van der Waals surface area (Å²) in [7, 11) is 1.59. The molecule has 2 rings (SSSR count). The molecule has 2 atom stereocenters. The van der Waals surface area contributed by atoms with Crippen LogP contribution < -0.4 is 0 Å². The monoisotopic (exact) mass is 286 g/mol. The first-order valence-corrected chi connectivity index (χ1v) is 6.93. The molecule has 2 amide bonds. The summed E-state index contributed by atoms with van der Waals surface area (Å²) in [5, 5.41) is 9.31. The normalized spacial score (nSPS) is 27.2. The molecule has 114 valence electrons. The van der Waals surface area contributed by atoms with E-state index < -0.39 is 0 Å². The van der Waals surface area contributed by atoms with Crippen molar-refractivity contribution >= 4 is 11.8 Å². The summed E-state index contributed by atoms with van der Waals surface area (Å²) in [5.41, 5.74) is 0. The number of amides is 2. The number of carbonyl (C=O) groups is 2. The molecule has 0 aliphatic carbocycles. The Kier molecular flexibility index (Phi) is 5.33. The van der Waals surface area contributed by atoms with Crippen molar-refractivity contribution in [3.05, 3.63) is 0 Å². The van der Waals surface area contributed by atoms with Gasteiger partial charge in [0.1, 0.15) is 0 Å². The molecular weight excluding hydrogens is 264 g/mol. The Labute approximate surface area is 118 Å². The minimum absolute atomic E-state index is 0.00536. The van der Waals surface area contributed by atoms with Crippen LogP contribution in [0.3, 0.4) is 0 Å². The highest BCUT2D eigenvalue weighted by Crippen LogP contribution is 2.22. The topological polar surface area (TPSA) is 79.3 Å². The first kappa shape index (κ1) is 15.2. The smallest absolute Gasteiger partial charge is 0.228 e. The fraction of sp³-hybridized carbons (Fsp3) is 0.846. The quantitative estimate of drug-likeness (QED) is 0.679. The number of aliphatic hydroxyl groups is 1. The number of carbonyl (C=O) groups excluding carboxylic acids is 2. The third kappa shape index (κ3) is 3.28. The number of nitrogens with zero attached hydrogens (tertiary/aromatic N) is 2. The van der Waals surface area contributed by atoms with Crippen molar-refractivity contribution in [1.82, 2.24) is 9.80 Å². The van der Waals surface area contributed by atoms with Crippen LogP contribution in [0.5, 0.6) is 0 Å². The van der Waals surface area contributed by atoms with E-state index in [1.807, 2.05) is 0 Å². The fourth-order valence-electron chi connectivity index (χ4n) is 2.69. The van der Waals surface area contributed by atoms with Gasteiger partial charge in [0, 0.05) is 33.2 Å².